The Morgan fingerprint density at radius 3 is 2.69 bits per heavy atom. The molecule has 0 saturated heterocycles. The number of rotatable bonds is 6. The number of amides is 1. The number of aromatic amines is 1. The number of carbonyl (C=O) groups is 1. The Hall–Kier alpha value is -3.57. The molecular weight excluding hydrogens is 398 g/mol. The number of nitrogens with one attached hydrogen (secondary N) is 2. The summed E-state index contributed by atoms with van der Waals surface area (Å²) < 4.78 is 6.38. The van der Waals surface area contributed by atoms with Crippen LogP contribution >= 0.6 is 0 Å². The van der Waals surface area contributed by atoms with E-state index >= 15 is 0 Å². The molecule has 0 bridgehead atoms. The largest absolute Gasteiger partial charge is 0.484 e. The summed E-state index contributed by atoms with van der Waals surface area (Å²) in [7, 11) is 0. The Kier molecular flexibility index (Phi) is 5.90. The minimum Gasteiger partial charge on any atom is -0.484 e. The molecular formula is C27H27N3O2. The van der Waals surface area contributed by atoms with Crippen LogP contribution in [-0.4, -0.2) is 35.4 Å². The molecule has 1 aliphatic rings. The number of hydrogen-bond donors (Lipinski definition) is 2. The van der Waals surface area contributed by atoms with E-state index < -0.39 is 0 Å². The fraction of sp³-hybridized carbons (Fsp3) is 0.222. The van der Waals surface area contributed by atoms with Crippen LogP contribution in [0, 0.1) is 0 Å². The van der Waals surface area contributed by atoms with Gasteiger partial charge in [0.1, 0.15) is 11.9 Å². The molecule has 5 heteroatoms. The van der Waals surface area contributed by atoms with Gasteiger partial charge in [-0.15, -0.1) is 0 Å². The number of ether oxygens (including phenoxy) is 1. The molecule has 5 nitrogen and oxygen atoms in total. The van der Waals surface area contributed by atoms with Crippen molar-refractivity contribution in [1.82, 2.24) is 15.2 Å². The predicted octanol–water partition coefficient (Wildman–Crippen LogP) is 4.46. The van der Waals surface area contributed by atoms with E-state index in [0.29, 0.717) is 13.0 Å². The van der Waals surface area contributed by atoms with Gasteiger partial charge in [-0.3, -0.25) is 9.69 Å². The molecule has 0 fully saturated rings. The summed E-state index contributed by atoms with van der Waals surface area (Å²) >= 11 is 0. The number of aromatic nitrogens is 1. The number of para-hydroxylation sites is 2. The summed E-state index contributed by atoms with van der Waals surface area (Å²) in [5.41, 5.74) is 4.43. The Morgan fingerprint density at radius 2 is 1.78 bits per heavy atom. The Balaban J connectivity index is 1.22. The molecule has 1 amide bonds. The zero-order chi connectivity index (χ0) is 21.8. The molecule has 3 aromatic carbocycles. The lowest BCUT2D eigenvalue weighted by Gasteiger charge is -2.24. The molecule has 1 unspecified atom stereocenters. The molecule has 1 aromatic heterocycles. The van der Waals surface area contributed by atoms with Crippen LogP contribution in [0.3, 0.4) is 0 Å². The van der Waals surface area contributed by atoms with Gasteiger partial charge in [0.2, 0.25) is 5.91 Å². The van der Waals surface area contributed by atoms with Gasteiger partial charge in [-0.25, -0.2) is 0 Å². The number of fused-ring (bicyclic) bond motifs is 2. The van der Waals surface area contributed by atoms with Gasteiger partial charge in [0, 0.05) is 48.8 Å². The minimum absolute atomic E-state index is 0.0400. The monoisotopic (exact) mass is 425 g/mol. The third-order valence-electron chi connectivity index (χ3n) is 6.01. The molecule has 162 valence electrons. The fourth-order valence-corrected chi connectivity index (χ4v) is 4.36. The topological polar surface area (TPSA) is 57.4 Å². The highest BCUT2D eigenvalue weighted by molar-refractivity contribution is 5.88. The van der Waals surface area contributed by atoms with Crippen LogP contribution < -0.4 is 10.1 Å². The van der Waals surface area contributed by atoms with Crippen LogP contribution in [0.4, 0.5) is 0 Å². The maximum absolute atomic E-state index is 12.6. The standard InChI is InChI=1S/C27H27N3O2/c31-27(16-22-17-29-24-12-6-5-11-23(22)24)28-14-15-30-18-21-10-4-7-13-25(21)32-26(19-30)20-8-2-1-3-9-20/h1-13,17,26,29H,14-16,18-19H2,(H,28,31). The number of H-pyrrole nitrogens is 1. The SMILES string of the molecule is O=C(Cc1c[nH]c2ccccc12)NCCN1Cc2ccccc2OC(c2ccccc2)C1. The van der Waals surface area contributed by atoms with Crippen molar-refractivity contribution in [1.29, 1.82) is 0 Å². The number of nitrogens with zero attached hydrogens (tertiary/aromatic N) is 1. The average molecular weight is 426 g/mol. The van der Waals surface area contributed by atoms with Crippen LogP contribution in [0.1, 0.15) is 22.8 Å². The molecule has 32 heavy (non-hydrogen) atoms. The molecule has 0 spiro atoms. The van der Waals surface area contributed by atoms with Gasteiger partial charge in [-0.1, -0.05) is 66.7 Å². The second-order valence-corrected chi connectivity index (χ2v) is 8.25. The first kappa shape index (κ1) is 20.3. The number of carbonyl (C=O) groups excluding carboxylic acids is 1. The highest BCUT2D eigenvalue weighted by Gasteiger charge is 2.24. The van der Waals surface area contributed by atoms with Crippen molar-refractivity contribution in [2.45, 2.75) is 19.1 Å². The summed E-state index contributed by atoms with van der Waals surface area (Å²) in [6.07, 6.45) is 2.27. The van der Waals surface area contributed by atoms with Crippen LogP contribution in [0.2, 0.25) is 0 Å². The Bertz CT molecular complexity index is 1200. The number of benzene rings is 3. The minimum atomic E-state index is -0.0400. The van der Waals surface area contributed by atoms with Crippen LogP contribution in [0.15, 0.2) is 85.1 Å². The van der Waals surface area contributed by atoms with Gasteiger partial charge in [0.15, 0.2) is 0 Å². The van der Waals surface area contributed by atoms with Crippen molar-refractivity contribution in [2.24, 2.45) is 0 Å². The molecule has 0 aliphatic carbocycles. The van der Waals surface area contributed by atoms with Crippen LogP contribution in [0.5, 0.6) is 5.75 Å². The van der Waals surface area contributed by atoms with Crippen molar-refractivity contribution in [3.63, 3.8) is 0 Å². The number of hydrogen-bond acceptors (Lipinski definition) is 3. The van der Waals surface area contributed by atoms with Crippen molar-refractivity contribution in [3.05, 3.63) is 102 Å². The lowest BCUT2D eigenvalue weighted by molar-refractivity contribution is -0.120. The average Bonchev–Trinajstić information content (AvgIpc) is 3.12. The van der Waals surface area contributed by atoms with Crippen molar-refractivity contribution in [3.8, 4) is 5.75 Å². The maximum atomic E-state index is 12.6. The molecule has 0 radical (unpaired) electrons. The summed E-state index contributed by atoms with van der Waals surface area (Å²) in [6.45, 7) is 2.94. The van der Waals surface area contributed by atoms with Gasteiger partial charge >= 0.3 is 0 Å². The summed E-state index contributed by atoms with van der Waals surface area (Å²) in [5.74, 6) is 0.980. The smallest absolute Gasteiger partial charge is 0.224 e. The third kappa shape index (κ3) is 4.53. The lowest BCUT2D eigenvalue weighted by Crippen LogP contribution is -2.37. The zero-order valence-corrected chi connectivity index (χ0v) is 18.0. The van der Waals surface area contributed by atoms with E-state index in [4.69, 9.17) is 4.74 Å². The summed E-state index contributed by atoms with van der Waals surface area (Å²) in [4.78, 5) is 18.2. The zero-order valence-electron chi connectivity index (χ0n) is 18.0. The van der Waals surface area contributed by atoms with Crippen molar-refractivity contribution < 1.29 is 9.53 Å². The van der Waals surface area contributed by atoms with Crippen LogP contribution in [0.25, 0.3) is 10.9 Å². The third-order valence-corrected chi connectivity index (χ3v) is 6.01. The van der Waals surface area contributed by atoms with Gasteiger partial charge in [-0.05, 0) is 23.3 Å². The van der Waals surface area contributed by atoms with Gasteiger partial charge in [0.25, 0.3) is 0 Å². The molecule has 1 aliphatic heterocycles. The van der Waals surface area contributed by atoms with E-state index in [1.165, 1.54) is 5.56 Å². The van der Waals surface area contributed by atoms with E-state index in [1.807, 2.05) is 66.9 Å². The summed E-state index contributed by atoms with van der Waals surface area (Å²) in [5, 5.41) is 4.20. The van der Waals surface area contributed by atoms with Crippen LogP contribution in [-0.2, 0) is 17.8 Å². The Labute approximate surface area is 188 Å². The maximum Gasteiger partial charge on any atom is 0.224 e. The second kappa shape index (κ2) is 9.28. The van der Waals surface area contributed by atoms with Crippen molar-refractivity contribution >= 4 is 16.8 Å². The molecule has 1 atom stereocenters. The van der Waals surface area contributed by atoms with E-state index in [2.05, 4.69) is 33.4 Å². The van der Waals surface area contributed by atoms with E-state index in [9.17, 15) is 4.79 Å². The molecule has 0 saturated carbocycles. The second-order valence-electron chi connectivity index (χ2n) is 8.25. The first-order valence-electron chi connectivity index (χ1n) is 11.1. The highest BCUT2D eigenvalue weighted by Crippen LogP contribution is 2.30. The van der Waals surface area contributed by atoms with E-state index in [0.717, 1.165) is 47.4 Å². The molecule has 4 aromatic rings. The molecule has 2 heterocycles. The molecule has 5 rings (SSSR count). The molecule has 2 N–H and O–H groups in total. The fourth-order valence-electron chi connectivity index (χ4n) is 4.36. The highest BCUT2D eigenvalue weighted by atomic mass is 16.5. The van der Waals surface area contributed by atoms with E-state index in [-0.39, 0.29) is 12.0 Å². The quantitative estimate of drug-likeness (QED) is 0.479. The first-order chi connectivity index (χ1) is 15.8. The predicted molar refractivity (Wildman–Crippen MR) is 127 cm³/mol. The van der Waals surface area contributed by atoms with E-state index in [1.54, 1.807) is 0 Å². The van der Waals surface area contributed by atoms with Gasteiger partial charge in [0.05, 0.1) is 6.42 Å². The summed E-state index contributed by atoms with van der Waals surface area (Å²) in [6, 6.07) is 26.6. The van der Waals surface area contributed by atoms with Gasteiger partial charge in [-0.2, -0.15) is 0 Å². The normalized spacial score (nSPS) is 16.2. The van der Waals surface area contributed by atoms with Gasteiger partial charge < -0.3 is 15.0 Å². The van der Waals surface area contributed by atoms with Crippen molar-refractivity contribution in [2.75, 3.05) is 19.6 Å². The first-order valence-corrected chi connectivity index (χ1v) is 11.1. The Morgan fingerprint density at radius 1 is 1.00 bits per heavy atom. The lowest BCUT2D eigenvalue weighted by atomic mass is 10.1.